The molecule has 5 heteroatoms. The lowest BCUT2D eigenvalue weighted by molar-refractivity contribution is 0.102. The van der Waals surface area contributed by atoms with Crippen LogP contribution in [-0.4, -0.2) is 10.9 Å². The number of nitrogen functional groups attached to an aromatic ring is 1. The molecule has 2 rings (SSSR count). The van der Waals surface area contributed by atoms with Gasteiger partial charge in [0.2, 0.25) is 0 Å². The first-order valence-electron chi connectivity index (χ1n) is 4.03. The lowest BCUT2D eigenvalue weighted by Gasteiger charge is -1.98. The molecule has 0 radical (unpaired) electrons. The normalized spacial score (nSPS) is 10.0. The quantitative estimate of drug-likeness (QED) is 0.704. The third-order valence-electron chi connectivity index (χ3n) is 1.73. The Labute approximate surface area is 84.8 Å². The van der Waals surface area contributed by atoms with Gasteiger partial charge in [-0.1, -0.05) is 0 Å². The molecular weight excluding hydrogens is 198 g/mol. The maximum atomic E-state index is 11.5. The third kappa shape index (κ3) is 1.77. The number of aromatic nitrogens is 1. The fourth-order valence-electron chi connectivity index (χ4n) is 1.08. The molecule has 0 aliphatic heterocycles. The highest BCUT2D eigenvalue weighted by molar-refractivity contribution is 7.08. The summed E-state index contributed by atoms with van der Waals surface area (Å²) in [6.45, 7) is 0. The summed E-state index contributed by atoms with van der Waals surface area (Å²) in [6, 6.07) is 3.44. The van der Waals surface area contributed by atoms with Gasteiger partial charge < -0.3 is 16.0 Å². The fraction of sp³-hybridized carbons (Fsp3) is 0. The molecule has 2 heterocycles. The summed E-state index contributed by atoms with van der Waals surface area (Å²) in [4.78, 5) is 14.3. The van der Waals surface area contributed by atoms with Crippen LogP contribution in [0.25, 0.3) is 0 Å². The van der Waals surface area contributed by atoms with Crippen molar-refractivity contribution in [3.63, 3.8) is 0 Å². The Morgan fingerprint density at radius 2 is 2.43 bits per heavy atom. The first kappa shape index (κ1) is 8.83. The Hall–Kier alpha value is -1.75. The molecule has 0 bridgehead atoms. The predicted octanol–water partition coefficient (Wildman–Crippen LogP) is 1.91. The van der Waals surface area contributed by atoms with Gasteiger partial charge in [-0.2, -0.15) is 11.3 Å². The van der Waals surface area contributed by atoms with Crippen LogP contribution in [0.3, 0.4) is 0 Å². The fourth-order valence-corrected chi connectivity index (χ4v) is 1.66. The second kappa shape index (κ2) is 3.55. The minimum Gasteiger partial charge on any atom is -0.397 e. The van der Waals surface area contributed by atoms with Crippen molar-refractivity contribution >= 4 is 28.6 Å². The molecule has 0 atom stereocenters. The van der Waals surface area contributed by atoms with Crippen molar-refractivity contribution in [3.8, 4) is 0 Å². The van der Waals surface area contributed by atoms with Crippen LogP contribution in [0.2, 0.25) is 0 Å². The zero-order valence-corrected chi connectivity index (χ0v) is 8.10. The van der Waals surface area contributed by atoms with Crippen LogP contribution in [-0.2, 0) is 0 Å². The Balaban J connectivity index is 2.10. The molecule has 4 nitrogen and oxygen atoms in total. The van der Waals surface area contributed by atoms with Crippen molar-refractivity contribution in [2.45, 2.75) is 0 Å². The number of H-pyrrole nitrogens is 1. The van der Waals surface area contributed by atoms with E-state index in [2.05, 4.69) is 10.3 Å². The maximum Gasteiger partial charge on any atom is 0.272 e. The summed E-state index contributed by atoms with van der Waals surface area (Å²) < 4.78 is 0. The lowest BCUT2D eigenvalue weighted by Crippen LogP contribution is -2.11. The second-order valence-electron chi connectivity index (χ2n) is 2.81. The van der Waals surface area contributed by atoms with E-state index in [0.717, 1.165) is 5.69 Å². The minimum absolute atomic E-state index is 0.180. The number of anilines is 2. The summed E-state index contributed by atoms with van der Waals surface area (Å²) in [5, 5.41) is 6.50. The van der Waals surface area contributed by atoms with Crippen LogP contribution in [0.1, 0.15) is 10.5 Å². The number of nitrogens with one attached hydrogen (secondary N) is 2. The molecule has 0 aromatic carbocycles. The molecule has 2 aromatic rings. The number of rotatable bonds is 2. The van der Waals surface area contributed by atoms with Gasteiger partial charge in [0.05, 0.1) is 5.69 Å². The molecule has 1 amide bonds. The van der Waals surface area contributed by atoms with Crippen molar-refractivity contribution in [2.75, 3.05) is 11.1 Å². The Morgan fingerprint density at radius 3 is 3.00 bits per heavy atom. The van der Waals surface area contributed by atoms with Gasteiger partial charge in [0.25, 0.3) is 5.91 Å². The van der Waals surface area contributed by atoms with Crippen LogP contribution >= 0.6 is 11.3 Å². The van der Waals surface area contributed by atoms with E-state index in [-0.39, 0.29) is 5.91 Å². The van der Waals surface area contributed by atoms with Gasteiger partial charge in [-0.05, 0) is 17.5 Å². The van der Waals surface area contributed by atoms with Gasteiger partial charge in [-0.25, -0.2) is 0 Å². The van der Waals surface area contributed by atoms with Crippen LogP contribution in [0.5, 0.6) is 0 Å². The number of hydrogen-bond donors (Lipinski definition) is 3. The number of hydrogen-bond acceptors (Lipinski definition) is 3. The minimum atomic E-state index is -0.180. The largest absolute Gasteiger partial charge is 0.397 e. The van der Waals surface area contributed by atoms with Gasteiger partial charge in [0.1, 0.15) is 5.69 Å². The van der Waals surface area contributed by atoms with Gasteiger partial charge in [0.15, 0.2) is 0 Å². The maximum absolute atomic E-state index is 11.5. The van der Waals surface area contributed by atoms with Crippen LogP contribution in [0.15, 0.2) is 29.1 Å². The van der Waals surface area contributed by atoms with E-state index in [1.807, 2.05) is 16.8 Å². The summed E-state index contributed by atoms with van der Waals surface area (Å²) in [7, 11) is 0. The lowest BCUT2D eigenvalue weighted by atomic mass is 10.4. The number of carbonyl (C=O) groups is 1. The molecule has 0 fully saturated rings. The molecule has 0 aliphatic carbocycles. The average Bonchev–Trinajstić information content (AvgIpc) is 2.75. The Bertz CT molecular complexity index is 433. The number of amides is 1. The van der Waals surface area contributed by atoms with E-state index < -0.39 is 0 Å². The van der Waals surface area contributed by atoms with Crippen molar-refractivity contribution < 1.29 is 4.79 Å². The number of nitrogens with two attached hydrogens (primary N) is 1. The predicted molar refractivity (Wildman–Crippen MR) is 57.5 cm³/mol. The third-order valence-corrected chi connectivity index (χ3v) is 2.41. The molecule has 4 N–H and O–H groups in total. The zero-order valence-electron chi connectivity index (χ0n) is 7.28. The summed E-state index contributed by atoms with van der Waals surface area (Å²) in [6.07, 6.45) is 1.59. The van der Waals surface area contributed by atoms with Crippen LogP contribution in [0.4, 0.5) is 11.4 Å². The van der Waals surface area contributed by atoms with Gasteiger partial charge >= 0.3 is 0 Å². The number of thiophene rings is 1. The first-order valence-corrected chi connectivity index (χ1v) is 4.97. The van der Waals surface area contributed by atoms with Gasteiger partial charge in [-0.15, -0.1) is 0 Å². The van der Waals surface area contributed by atoms with E-state index in [1.54, 1.807) is 12.3 Å². The van der Waals surface area contributed by atoms with E-state index in [0.29, 0.717) is 11.4 Å². The van der Waals surface area contributed by atoms with E-state index in [9.17, 15) is 4.79 Å². The molecule has 14 heavy (non-hydrogen) atoms. The van der Waals surface area contributed by atoms with E-state index in [4.69, 9.17) is 5.73 Å². The molecule has 0 spiro atoms. The van der Waals surface area contributed by atoms with Crippen molar-refractivity contribution in [1.82, 2.24) is 4.98 Å². The van der Waals surface area contributed by atoms with Gasteiger partial charge in [0, 0.05) is 17.3 Å². The molecule has 0 saturated carbocycles. The molecule has 0 unspecified atom stereocenters. The topological polar surface area (TPSA) is 70.9 Å². The average molecular weight is 207 g/mol. The molecule has 0 saturated heterocycles. The van der Waals surface area contributed by atoms with Gasteiger partial charge in [-0.3, -0.25) is 4.79 Å². The number of aromatic amines is 1. The highest BCUT2D eigenvalue weighted by atomic mass is 32.1. The van der Waals surface area contributed by atoms with Crippen molar-refractivity contribution in [1.29, 1.82) is 0 Å². The monoisotopic (exact) mass is 207 g/mol. The van der Waals surface area contributed by atoms with E-state index >= 15 is 0 Å². The van der Waals surface area contributed by atoms with E-state index in [1.165, 1.54) is 11.3 Å². The van der Waals surface area contributed by atoms with Crippen molar-refractivity contribution in [2.24, 2.45) is 0 Å². The highest BCUT2D eigenvalue weighted by Crippen LogP contribution is 2.13. The van der Waals surface area contributed by atoms with Crippen molar-refractivity contribution in [3.05, 3.63) is 34.8 Å². The molecule has 0 aliphatic rings. The molecule has 72 valence electrons. The number of carbonyl (C=O) groups excluding carboxylic acids is 1. The summed E-state index contributed by atoms with van der Waals surface area (Å²) in [5.74, 6) is -0.180. The molecular formula is C9H9N3OS. The first-order chi connectivity index (χ1) is 6.75. The smallest absolute Gasteiger partial charge is 0.272 e. The highest BCUT2D eigenvalue weighted by Gasteiger charge is 2.07. The summed E-state index contributed by atoms with van der Waals surface area (Å²) >= 11 is 1.53. The van der Waals surface area contributed by atoms with Crippen LogP contribution < -0.4 is 11.1 Å². The second-order valence-corrected chi connectivity index (χ2v) is 3.59. The SMILES string of the molecule is Nc1c[nH]c(C(=O)Nc2ccsc2)c1. The van der Waals surface area contributed by atoms with Crippen LogP contribution in [0, 0.1) is 0 Å². The molecule has 2 aromatic heterocycles. The Morgan fingerprint density at radius 1 is 1.57 bits per heavy atom. The Kier molecular flexibility index (Phi) is 2.24. The zero-order chi connectivity index (χ0) is 9.97. The summed E-state index contributed by atoms with van der Waals surface area (Å²) in [5.41, 5.74) is 7.30. The standard InChI is InChI=1S/C9H9N3OS/c10-6-3-8(11-4-6)9(13)12-7-1-2-14-5-7/h1-5,11H,10H2,(H,12,13).